The summed E-state index contributed by atoms with van der Waals surface area (Å²) >= 11 is 1.58. The maximum atomic E-state index is 12.3. The fraction of sp³-hybridized carbons (Fsp3) is 0.105. The van der Waals surface area contributed by atoms with Crippen LogP contribution in [0.4, 0.5) is 10.5 Å². The number of rotatable bonds is 4. The van der Waals surface area contributed by atoms with Gasteiger partial charge in [-0.15, -0.1) is 11.3 Å². The number of hydrogen-bond acceptors (Lipinski definition) is 4. The molecule has 0 aliphatic heterocycles. The highest BCUT2D eigenvalue weighted by Gasteiger charge is 2.10. The van der Waals surface area contributed by atoms with E-state index in [1.807, 2.05) is 41.8 Å². The van der Waals surface area contributed by atoms with Gasteiger partial charge in [-0.2, -0.15) is 5.26 Å². The molecule has 0 aliphatic rings. The summed E-state index contributed by atoms with van der Waals surface area (Å²) in [4.78, 5) is 18.2. The lowest BCUT2D eigenvalue weighted by atomic mass is 10.1. The van der Waals surface area contributed by atoms with Gasteiger partial charge in [0.05, 0.1) is 11.6 Å². The third kappa shape index (κ3) is 4.22. The minimum atomic E-state index is -0.204. The Morgan fingerprint density at radius 1 is 1.28 bits per heavy atom. The van der Waals surface area contributed by atoms with E-state index in [1.165, 1.54) is 0 Å². The molecule has 1 N–H and O–H groups in total. The van der Waals surface area contributed by atoms with Crippen molar-refractivity contribution in [2.45, 2.75) is 6.54 Å². The maximum absolute atomic E-state index is 12.3. The van der Waals surface area contributed by atoms with Gasteiger partial charge in [-0.25, -0.2) is 9.78 Å². The first-order chi connectivity index (χ1) is 12.2. The molecule has 5 nitrogen and oxygen atoms in total. The maximum Gasteiger partial charge on any atom is 0.321 e. The SMILES string of the molecule is CN(Cc1cccc(C#N)c1)C(=O)Nc1ccc(-c2nccs2)cc1. The van der Waals surface area contributed by atoms with E-state index >= 15 is 0 Å². The van der Waals surface area contributed by atoms with Gasteiger partial charge in [0.2, 0.25) is 0 Å². The van der Waals surface area contributed by atoms with Crippen molar-refractivity contribution >= 4 is 23.1 Å². The van der Waals surface area contributed by atoms with Crippen molar-refractivity contribution in [2.75, 3.05) is 12.4 Å². The molecule has 1 heterocycles. The van der Waals surface area contributed by atoms with Crippen LogP contribution < -0.4 is 5.32 Å². The lowest BCUT2D eigenvalue weighted by Crippen LogP contribution is -2.30. The van der Waals surface area contributed by atoms with Gasteiger partial charge in [-0.1, -0.05) is 12.1 Å². The first-order valence-corrected chi connectivity index (χ1v) is 8.55. The molecule has 25 heavy (non-hydrogen) atoms. The molecule has 124 valence electrons. The molecule has 0 unspecified atom stereocenters. The van der Waals surface area contributed by atoms with Gasteiger partial charge < -0.3 is 10.2 Å². The minimum Gasteiger partial charge on any atom is -0.323 e. The summed E-state index contributed by atoms with van der Waals surface area (Å²) in [6, 6.07) is 16.7. The molecule has 0 radical (unpaired) electrons. The van der Waals surface area contributed by atoms with Crippen molar-refractivity contribution in [3.63, 3.8) is 0 Å². The van der Waals surface area contributed by atoms with Gasteiger partial charge in [0.25, 0.3) is 0 Å². The number of benzene rings is 2. The molecule has 2 amide bonds. The molecule has 2 aromatic carbocycles. The molecule has 0 saturated heterocycles. The van der Waals surface area contributed by atoms with E-state index in [1.54, 1.807) is 41.6 Å². The average molecular weight is 348 g/mol. The number of amides is 2. The lowest BCUT2D eigenvalue weighted by Gasteiger charge is -2.18. The fourth-order valence-electron chi connectivity index (χ4n) is 2.37. The van der Waals surface area contributed by atoms with Crippen LogP contribution in [0, 0.1) is 11.3 Å². The Kier molecular flexibility index (Phi) is 5.07. The minimum absolute atomic E-state index is 0.204. The summed E-state index contributed by atoms with van der Waals surface area (Å²) in [6.45, 7) is 0.429. The van der Waals surface area contributed by atoms with E-state index < -0.39 is 0 Å². The van der Waals surface area contributed by atoms with E-state index in [2.05, 4.69) is 16.4 Å². The monoisotopic (exact) mass is 348 g/mol. The number of nitrogens with zero attached hydrogens (tertiary/aromatic N) is 3. The van der Waals surface area contributed by atoms with Crippen LogP contribution in [0.5, 0.6) is 0 Å². The number of anilines is 1. The van der Waals surface area contributed by atoms with Crippen molar-refractivity contribution in [1.82, 2.24) is 9.88 Å². The molecule has 0 atom stereocenters. The van der Waals surface area contributed by atoms with Crippen molar-refractivity contribution in [1.29, 1.82) is 5.26 Å². The third-order valence-electron chi connectivity index (χ3n) is 3.64. The molecule has 6 heteroatoms. The smallest absolute Gasteiger partial charge is 0.321 e. The fourth-order valence-corrected chi connectivity index (χ4v) is 3.01. The van der Waals surface area contributed by atoms with Crippen LogP contribution in [0.2, 0.25) is 0 Å². The highest BCUT2D eigenvalue weighted by atomic mass is 32.1. The normalized spacial score (nSPS) is 10.1. The molecule has 0 fully saturated rings. The van der Waals surface area contributed by atoms with E-state index in [4.69, 9.17) is 5.26 Å². The Morgan fingerprint density at radius 2 is 2.08 bits per heavy atom. The van der Waals surface area contributed by atoms with Crippen molar-refractivity contribution < 1.29 is 4.79 Å². The van der Waals surface area contributed by atoms with Gasteiger partial charge in [0.15, 0.2) is 0 Å². The van der Waals surface area contributed by atoms with Gasteiger partial charge >= 0.3 is 6.03 Å². The van der Waals surface area contributed by atoms with Crippen molar-refractivity contribution in [3.05, 3.63) is 71.2 Å². The second-order valence-electron chi connectivity index (χ2n) is 5.51. The predicted octanol–water partition coefficient (Wildman–Crippen LogP) is 4.35. The topological polar surface area (TPSA) is 69.0 Å². The van der Waals surface area contributed by atoms with Crippen LogP contribution in [0.15, 0.2) is 60.1 Å². The standard InChI is InChI=1S/C19H16N4OS/c1-23(13-15-4-2-3-14(11-15)12-20)19(24)22-17-7-5-16(6-8-17)18-21-9-10-25-18/h2-11H,13H2,1H3,(H,22,24). The molecule has 0 saturated carbocycles. The molecular formula is C19H16N4OS. The number of carbonyl (C=O) groups excluding carboxylic acids is 1. The average Bonchev–Trinajstić information content (AvgIpc) is 3.17. The number of carbonyl (C=O) groups is 1. The number of hydrogen-bond donors (Lipinski definition) is 1. The van der Waals surface area contributed by atoms with Crippen LogP contribution in [0.25, 0.3) is 10.6 Å². The van der Waals surface area contributed by atoms with Gasteiger partial charge in [-0.3, -0.25) is 0 Å². The van der Waals surface area contributed by atoms with E-state index in [9.17, 15) is 4.79 Å². The Morgan fingerprint density at radius 3 is 2.76 bits per heavy atom. The van der Waals surface area contributed by atoms with Crippen LogP contribution in [-0.4, -0.2) is 23.0 Å². The van der Waals surface area contributed by atoms with Gasteiger partial charge in [-0.05, 0) is 42.0 Å². The number of nitrogens with one attached hydrogen (secondary N) is 1. The number of nitriles is 1. The van der Waals surface area contributed by atoms with Crippen LogP contribution in [0.1, 0.15) is 11.1 Å². The van der Waals surface area contributed by atoms with E-state index in [-0.39, 0.29) is 6.03 Å². The molecule has 0 bridgehead atoms. The van der Waals surface area contributed by atoms with Crippen molar-refractivity contribution in [3.8, 4) is 16.6 Å². The first-order valence-electron chi connectivity index (χ1n) is 7.67. The van der Waals surface area contributed by atoms with Crippen LogP contribution in [0.3, 0.4) is 0 Å². The Bertz CT molecular complexity index is 898. The zero-order valence-electron chi connectivity index (χ0n) is 13.6. The summed E-state index contributed by atoms with van der Waals surface area (Å²) in [6.07, 6.45) is 1.77. The predicted molar refractivity (Wildman–Crippen MR) is 99.2 cm³/mol. The Balaban J connectivity index is 1.62. The highest BCUT2D eigenvalue weighted by Crippen LogP contribution is 2.23. The number of urea groups is 1. The summed E-state index contributed by atoms with van der Waals surface area (Å²) in [5, 5.41) is 14.7. The van der Waals surface area contributed by atoms with Gasteiger partial charge in [0.1, 0.15) is 5.01 Å². The lowest BCUT2D eigenvalue weighted by molar-refractivity contribution is 0.220. The molecule has 0 aliphatic carbocycles. The summed E-state index contributed by atoms with van der Waals surface area (Å²) < 4.78 is 0. The molecular weight excluding hydrogens is 332 g/mol. The molecule has 1 aromatic heterocycles. The molecule has 3 rings (SSSR count). The zero-order valence-corrected chi connectivity index (χ0v) is 14.5. The molecule has 3 aromatic rings. The Hall–Kier alpha value is -3.17. The first kappa shape index (κ1) is 16.7. The second-order valence-corrected chi connectivity index (χ2v) is 6.41. The Labute approximate surface area is 150 Å². The summed E-state index contributed by atoms with van der Waals surface area (Å²) in [5.41, 5.74) is 3.25. The third-order valence-corrected chi connectivity index (χ3v) is 4.46. The van der Waals surface area contributed by atoms with Crippen molar-refractivity contribution in [2.24, 2.45) is 0 Å². The number of aromatic nitrogens is 1. The van der Waals surface area contributed by atoms with Gasteiger partial charge in [0, 0.05) is 36.4 Å². The van der Waals surface area contributed by atoms with E-state index in [0.717, 1.165) is 21.8 Å². The molecule has 0 spiro atoms. The second kappa shape index (κ2) is 7.60. The largest absolute Gasteiger partial charge is 0.323 e. The van der Waals surface area contributed by atoms with Crippen LogP contribution in [-0.2, 0) is 6.54 Å². The summed E-state index contributed by atoms with van der Waals surface area (Å²) in [5.74, 6) is 0. The zero-order chi connectivity index (χ0) is 17.6. The quantitative estimate of drug-likeness (QED) is 0.762. The van der Waals surface area contributed by atoms with E-state index in [0.29, 0.717) is 12.1 Å². The number of thiazole rings is 1. The van der Waals surface area contributed by atoms with Crippen LogP contribution >= 0.6 is 11.3 Å². The summed E-state index contributed by atoms with van der Waals surface area (Å²) in [7, 11) is 1.72. The highest BCUT2D eigenvalue weighted by molar-refractivity contribution is 7.13.